The van der Waals surface area contributed by atoms with Gasteiger partial charge in [-0.1, -0.05) is 30.3 Å². The minimum atomic E-state index is -3.90. The molecule has 64 valence electrons. The van der Waals surface area contributed by atoms with Crippen molar-refractivity contribution in [2.45, 2.75) is 5.92 Å². The number of rotatable bonds is 2. The Balaban J connectivity index is 0.00000144. The molecule has 0 heterocycles. The molecule has 0 aliphatic carbocycles. The number of benzene rings is 1. The zero-order valence-corrected chi connectivity index (χ0v) is 10.1. The molecule has 0 spiro atoms. The predicted molar refractivity (Wildman–Crippen MR) is 35.3 cm³/mol. The van der Waals surface area contributed by atoms with Crippen LogP contribution in [0.1, 0.15) is 5.56 Å². The number of carbonyl (C=O) groups is 1. The Labute approximate surface area is 116 Å². The van der Waals surface area contributed by atoms with E-state index in [1.807, 2.05) is 0 Å². The van der Waals surface area contributed by atoms with E-state index in [0.29, 0.717) is 0 Å². The summed E-state index contributed by atoms with van der Waals surface area (Å²) in [6.45, 7) is 0. The largest absolute Gasteiger partial charge is 1.00 e. The van der Waals surface area contributed by atoms with Crippen LogP contribution < -0.4 is 56.5 Å². The van der Waals surface area contributed by atoms with E-state index >= 15 is 0 Å². The average molecular weight is 210 g/mol. The van der Waals surface area contributed by atoms with Gasteiger partial charge in [0.25, 0.3) is 0 Å². The van der Waals surface area contributed by atoms with Gasteiger partial charge in [-0.2, -0.15) is 8.78 Å². The first kappa shape index (κ1) is 13.2. The Bertz CT molecular complexity index is 287. The van der Waals surface area contributed by atoms with Gasteiger partial charge in [-0.3, -0.25) is 0 Å². The standard InChI is InChI=1S/C8H6F2O2.K/c9-8(10,7(11)12)6-4-2-1-3-5-6;/h1-5H,(H,11,12);/q;+1/p-1. The van der Waals surface area contributed by atoms with Gasteiger partial charge in [0, 0.05) is 5.56 Å². The SMILES string of the molecule is O=C([O-])C(F)(F)c1ccccc1.[K+]. The van der Waals surface area contributed by atoms with Crippen molar-refractivity contribution >= 4 is 5.97 Å². The fourth-order valence-electron chi connectivity index (χ4n) is 0.765. The molecule has 0 atom stereocenters. The Morgan fingerprint density at radius 1 is 1.23 bits per heavy atom. The van der Waals surface area contributed by atoms with E-state index in [0.717, 1.165) is 12.1 Å². The number of halogens is 2. The van der Waals surface area contributed by atoms with Crippen LogP contribution in [0.5, 0.6) is 0 Å². The van der Waals surface area contributed by atoms with Crippen LogP contribution in [0.2, 0.25) is 0 Å². The fourth-order valence-corrected chi connectivity index (χ4v) is 0.765. The number of hydrogen-bond donors (Lipinski definition) is 0. The van der Waals surface area contributed by atoms with Gasteiger partial charge < -0.3 is 9.90 Å². The molecule has 0 bridgehead atoms. The number of carboxylic acids is 1. The molecule has 0 aliphatic rings. The van der Waals surface area contributed by atoms with E-state index in [1.165, 1.54) is 18.2 Å². The number of alkyl halides is 2. The Hall–Kier alpha value is 0.186. The molecule has 13 heavy (non-hydrogen) atoms. The first-order valence-corrected chi connectivity index (χ1v) is 3.20. The average Bonchev–Trinajstić information content (AvgIpc) is 2.06. The third kappa shape index (κ3) is 3.10. The summed E-state index contributed by atoms with van der Waals surface area (Å²) in [7, 11) is 0. The number of carbonyl (C=O) groups excluding carboxylic acids is 1. The third-order valence-corrected chi connectivity index (χ3v) is 1.39. The molecular weight excluding hydrogens is 205 g/mol. The maximum absolute atomic E-state index is 12.6. The van der Waals surface area contributed by atoms with Crippen molar-refractivity contribution in [1.82, 2.24) is 0 Å². The van der Waals surface area contributed by atoms with E-state index in [-0.39, 0.29) is 51.4 Å². The van der Waals surface area contributed by atoms with Crippen molar-refractivity contribution in [3.05, 3.63) is 35.9 Å². The molecule has 0 fully saturated rings. The van der Waals surface area contributed by atoms with Gasteiger partial charge in [-0.05, 0) is 0 Å². The van der Waals surface area contributed by atoms with E-state index < -0.39 is 17.5 Å². The molecule has 0 unspecified atom stereocenters. The molecule has 0 saturated carbocycles. The predicted octanol–water partition coefficient (Wildman–Crippen LogP) is -2.47. The van der Waals surface area contributed by atoms with Crippen LogP contribution in [0.25, 0.3) is 0 Å². The van der Waals surface area contributed by atoms with Crippen LogP contribution in [0.3, 0.4) is 0 Å². The van der Waals surface area contributed by atoms with E-state index in [2.05, 4.69) is 0 Å². The summed E-state index contributed by atoms with van der Waals surface area (Å²) in [5, 5.41) is 9.96. The van der Waals surface area contributed by atoms with Gasteiger partial charge in [0.05, 0.1) is 0 Å². The van der Waals surface area contributed by atoms with Crippen LogP contribution in [-0.4, -0.2) is 5.97 Å². The second-order valence-electron chi connectivity index (χ2n) is 2.23. The van der Waals surface area contributed by atoms with E-state index in [4.69, 9.17) is 0 Å². The van der Waals surface area contributed by atoms with E-state index in [9.17, 15) is 18.7 Å². The van der Waals surface area contributed by atoms with Gasteiger partial charge in [0.1, 0.15) is 5.97 Å². The van der Waals surface area contributed by atoms with Crippen molar-refractivity contribution < 1.29 is 70.1 Å². The first-order valence-electron chi connectivity index (χ1n) is 3.20. The molecule has 1 aromatic rings. The molecule has 2 nitrogen and oxygen atoms in total. The monoisotopic (exact) mass is 210 g/mol. The third-order valence-electron chi connectivity index (χ3n) is 1.39. The van der Waals surface area contributed by atoms with Crippen molar-refractivity contribution in [2.75, 3.05) is 0 Å². The molecule has 0 aromatic heterocycles. The normalized spacial score (nSPS) is 10.3. The molecule has 0 N–H and O–H groups in total. The molecule has 1 rings (SSSR count). The molecular formula is C8H5F2KO2. The summed E-state index contributed by atoms with van der Waals surface area (Å²) in [6, 6.07) is 6.28. The topological polar surface area (TPSA) is 40.1 Å². The summed E-state index contributed by atoms with van der Waals surface area (Å²) in [5.41, 5.74) is -0.565. The fraction of sp³-hybridized carbons (Fsp3) is 0.125. The van der Waals surface area contributed by atoms with Crippen LogP contribution in [0.4, 0.5) is 8.78 Å². The second kappa shape index (κ2) is 5.16. The molecule has 0 radical (unpaired) electrons. The van der Waals surface area contributed by atoms with E-state index in [1.54, 1.807) is 0 Å². The maximum atomic E-state index is 12.6. The molecule has 0 amide bonds. The van der Waals surface area contributed by atoms with Crippen LogP contribution in [0, 0.1) is 0 Å². The second-order valence-corrected chi connectivity index (χ2v) is 2.23. The summed E-state index contributed by atoms with van der Waals surface area (Å²) in [6.07, 6.45) is 0. The molecule has 5 heteroatoms. The van der Waals surface area contributed by atoms with Crippen molar-refractivity contribution in [3.63, 3.8) is 0 Å². The van der Waals surface area contributed by atoms with Crippen molar-refractivity contribution in [1.29, 1.82) is 0 Å². The van der Waals surface area contributed by atoms with Gasteiger partial charge >= 0.3 is 57.3 Å². The molecule has 0 saturated heterocycles. The van der Waals surface area contributed by atoms with Crippen LogP contribution >= 0.6 is 0 Å². The van der Waals surface area contributed by atoms with Crippen molar-refractivity contribution in [2.24, 2.45) is 0 Å². The van der Waals surface area contributed by atoms with Gasteiger partial charge in [-0.25, -0.2) is 0 Å². The van der Waals surface area contributed by atoms with Crippen molar-refractivity contribution in [3.8, 4) is 0 Å². The summed E-state index contributed by atoms with van der Waals surface area (Å²) >= 11 is 0. The van der Waals surface area contributed by atoms with Crippen LogP contribution in [0.15, 0.2) is 30.3 Å². The number of aliphatic carboxylic acids is 1. The molecule has 0 aliphatic heterocycles. The van der Waals surface area contributed by atoms with Gasteiger partial charge in [0.2, 0.25) is 0 Å². The Morgan fingerprint density at radius 3 is 2.08 bits per heavy atom. The number of hydrogen-bond acceptors (Lipinski definition) is 2. The summed E-state index contributed by atoms with van der Waals surface area (Å²) in [5.74, 6) is -6.28. The summed E-state index contributed by atoms with van der Waals surface area (Å²) < 4.78 is 25.2. The zero-order chi connectivity index (χ0) is 9.19. The minimum absolute atomic E-state index is 0. The number of carboxylic acid groups (broad SMARTS) is 1. The zero-order valence-electron chi connectivity index (χ0n) is 6.96. The first-order chi connectivity index (χ1) is 5.55. The minimum Gasteiger partial charge on any atom is -0.544 e. The van der Waals surface area contributed by atoms with Gasteiger partial charge in [-0.15, -0.1) is 0 Å². The summed E-state index contributed by atoms with van der Waals surface area (Å²) in [4.78, 5) is 9.96. The smallest absolute Gasteiger partial charge is 0.544 e. The Kier molecular flexibility index (Phi) is 5.24. The van der Waals surface area contributed by atoms with Gasteiger partial charge in [0.15, 0.2) is 0 Å². The quantitative estimate of drug-likeness (QED) is 0.508. The molecule has 1 aromatic carbocycles. The Morgan fingerprint density at radius 2 is 1.69 bits per heavy atom. The maximum Gasteiger partial charge on any atom is 1.00 e. The van der Waals surface area contributed by atoms with Crippen LogP contribution in [-0.2, 0) is 10.7 Å².